The first-order chi connectivity index (χ1) is 7.58. The summed E-state index contributed by atoms with van der Waals surface area (Å²) in [5.41, 5.74) is 0. The van der Waals surface area contributed by atoms with E-state index in [4.69, 9.17) is 5.11 Å². The number of thiophene rings is 1. The summed E-state index contributed by atoms with van der Waals surface area (Å²) in [4.78, 5) is 13.8. The Morgan fingerprint density at radius 2 is 2.19 bits per heavy atom. The molecule has 0 aliphatic rings. The third kappa shape index (κ3) is 3.32. The summed E-state index contributed by atoms with van der Waals surface area (Å²) in [5.74, 6) is 0.150. The van der Waals surface area contributed by atoms with Crippen LogP contribution in [-0.2, 0) is 6.42 Å². The topological polar surface area (TPSA) is 49.3 Å². The molecule has 1 aromatic heterocycles. The molecular formula is C12H19NO2S. The lowest BCUT2D eigenvalue weighted by Gasteiger charge is -2.19. The van der Waals surface area contributed by atoms with Crippen molar-refractivity contribution in [1.29, 1.82) is 0 Å². The summed E-state index contributed by atoms with van der Waals surface area (Å²) in [7, 11) is 0. The lowest BCUT2D eigenvalue weighted by atomic mass is 10.1. The summed E-state index contributed by atoms with van der Waals surface area (Å²) in [6.07, 6.45) is 0.950. The molecule has 3 nitrogen and oxygen atoms in total. The van der Waals surface area contributed by atoms with Crippen molar-refractivity contribution in [2.24, 2.45) is 5.92 Å². The van der Waals surface area contributed by atoms with Crippen LogP contribution in [0.25, 0.3) is 0 Å². The van der Waals surface area contributed by atoms with E-state index in [1.54, 1.807) is 0 Å². The molecule has 1 unspecified atom stereocenters. The van der Waals surface area contributed by atoms with Gasteiger partial charge in [0.1, 0.15) is 0 Å². The molecule has 1 heterocycles. The highest BCUT2D eigenvalue weighted by Crippen LogP contribution is 2.17. The van der Waals surface area contributed by atoms with Gasteiger partial charge in [0.05, 0.1) is 17.5 Å². The van der Waals surface area contributed by atoms with E-state index in [0.29, 0.717) is 0 Å². The van der Waals surface area contributed by atoms with Crippen LogP contribution in [0.5, 0.6) is 0 Å². The number of carbonyl (C=O) groups is 1. The zero-order valence-corrected chi connectivity index (χ0v) is 10.8. The minimum atomic E-state index is -0.167. The lowest BCUT2D eigenvalue weighted by molar-refractivity contribution is 0.0901. The van der Waals surface area contributed by atoms with E-state index in [1.807, 2.05) is 26.0 Å². The number of hydrogen-bond acceptors (Lipinski definition) is 3. The lowest BCUT2D eigenvalue weighted by Crippen LogP contribution is -2.40. The van der Waals surface area contributed by atoms with Gasteiger partial charge in [-0.1, -0.05) is 20.8 Å². The second-order valence-electron chi connectivity index (χ2n) is 4.13. The van der Waals surface area contributed by atoms with Crippen molar-refractivity contribution in [2.45, 2.75) is 33.2 Å². The molecule has 0 bridgehead atoms. The van der Waals surface area contributed by atoms with Gasteiger partial charge in [-0.05, 0) is 24.5 Å². The molecule has 2 N–H and O–H groups in total. The third-order valence-electron chi connectivity index (χ3n) is 2.55. The first-order valence-electron chi connectivity index (χ1n) is 5.58. The van der Waals surface area contributed by atoms with E-state index in [-0.39, 0.29) is 24.5 Å². The molecule has 90 valence electrons. The number of aliphatic hydroxyl groups is 1. The van der Waals surface area contributed by atoms with Gasteiger partial charge in [-0.3, -0.25) is 4.79 Å². The molecule has 1 rings (SSSR count). The van der Waals surface area contributed by atoms with Crippen LogP contribution < -0.4 is 5.32 Å². The van der Waals surface area contributed by atoms with Crippen LogP contribution in [0.4, 0.5) is 0 Å². The van der Waals surface area contributed by atoms with E-state index in [0.717, 1.165) is 11.3 Å². The number of hydrogen-bond donors (Lipinski definition) is 2. The van der Waals surface area contributed by atoms with E-state index < -0.39 is 0 Å². The van der Waals surface area contributed by atoms with Gasteiger partial charge in [-0.2, -0.15) is 0 Å². The number of rotatable bonds is 5. The van der Waals surface area contributed by atoms with Crippen LogP contribution in [0.3, 0.4) is 0 Å². The van der Waals surface area contributed by atoms with Crippen LogP contribution in [-0.4, -0.2) is 23.7 Å². The van der Waals surface area contributed by atoms with Crippen LogP contribution in [0, 0.1) is 5.92 Å². The van der Waals surface area contributed by atoms with E-state index in [9.17, 15) is 4.79 Å². The highest BCUT2D eigenvalue weighted by molar-refractivity contribution is 7.14. The Balaban J connectivity index is 2.64. The van der Waals surface area contributed by atoms with Gasteiger partial charge in [0.15, 0.2) is 0 Å². The zero-order chi connectivity index (χ0) is 12.1. The quantitative estimate of drug-likeness (QED) is 0.829. The van der Waals surface area contributed by atoms with E-state index in [1.165, 1.54) is 16.2 Å². The standard InChI is InChI=1S/C12H19NO2S/c1-4-9-5-6-11(16-9)12(15)13-10(7-14)8(2)3/h5-6,8,10,14H,4,7H2,1-3H3,(H,13,15). The number of amides is 1. The molecule has 1 aromatic rings. The first kappa shape index (κ1) is 13.2. The van der Waals surface area contributed by atoms with Gasteiger partial charge in [0, 0.05) is 4.88 Å². The fourth-order valence-electron chi connectivity index (χ4n) is 1.35. The van der Waals surface area contributed by atoms with Gasteiger partial charge in [-0.25, -0.2) is 0 Å². The van der Waals surface area contributed by atoms with Crippen molar-refractivity contribution in [1.82, 2.24) is 5.32 Å². The fraction of sp³-hybridized carbons (Fsp3) is 0.583. The number of aliphatic hydroxyl groups excluding tert-OH is 1. The molecule has 0 spiro atoms. The van der Waals surface area contributed by atoms with Crippen LogP contribution in [0.2, 0.25) is 0 Å². The van der Waals surface area contributed by atoms with Crippen molar-refractivity contribution < 1.29 is 9.90 Å². The highest BCUT2D eigenvalue weighted by atomic mass is 32.1. The van der Waals surface area contributed by atoms with Gasteiger partial charge >= 0.3 is 0 Å². The molecule has 1 atom stereocenters. The van der Waals surface area contributed by atoms with Crippen LogP contribution >= 0.6 is 11.3 Å². The second-order valence-corrected chi connectivity index (χ2v) is 5.29. The molecule has 1 amide bonds. The summed E-state index contributed by atoms with van der Waals surface area (Å²) in [5, 5.41) is 12.0. The van der Waals surface area contributed by atoms with Gasteiger partial charge in [0.25, 0.3) is 5.91 Å². The van der Waals surface area contributed by atoms with Crippen LogP contribution in [0.15, 0.2) is 12.1 Å². The van der Waals surface area contributed by atoms with Crippen molar-refractivity contribution in [3.8, 4) is 0 Å². The summed E-state index contributed by atoms with van der Waals surface area (Å²) >= 11 is 1.51. The molecule has 16 heavy (non-hydrogen) atoms. The SMILES string of the molecule is CCc1ccc(C(=O)NC(CO)C(C)C)s1. The van der Waals surface area contributed by atoms with Gasteiger partial charge in [-0.15, -0.1) is 11.3 Å². The second kappa shape index (κ2) is 6.01. The summed E-state index contributed by atoms with van der Waals surface area (Å²) in [6.45, 7) is 6.01. The Bertz CT molecular complexity index is 347. The highest BCUT2D eigenvalue weighted by Gasteiger charge is 2.17. The fourth-order valence-corrected chi connectivity index (χ4v) is 2.20. The van der Waals surface area contributed by atoms with E-state index in [2.05, 4.69) is 12.2 Å². The molecule has 0 saturated carbocycles. The van der Waals surface area contributed by atoms with Crippen molar-refractivity contribution in [3.63, 3.8) is 0 Å². The Labute approximate surface area is 100 Å². The normalized spacial score (nSPS) is 12.8. The maximum Gasteiger partial charge on any atom is 0.261 e. The molecule has 0 saturated heterocycles. The van der Waals surface area contributed by atoms with Gasteiger partial charge < -0.3 is 10.4 Å². The minimum Gasteiger partial charge on any atom is -0.394 e. The number of aryl methyl sites for hydroxylation is 1. The van der Waals surface area contributed by atoms with Crippen LogP contribution in [0.1, 0.15) is 35.3 Å². The minimum absolute atomic E-state index is 0.0184. The average Bonchev–Trinajstić information content (AvgIpc) is 2.73. The Morgan fingerprint density at radius 1 is 1.50 bits per heavy atom. The maximum atomic E-state index is 11.8. The summed E-state index contributed by atoms with van der Waals surface area (Å²) in [6, 6.07) is 3.65. The monoisotopic (exact) mass is 241 g/mol. The smallest absolute Gasteiger partial charge is 0.261 e. The number of carbonyl (C=O) groups excluding carboxylic acids is 1. The van der Waals surface area contributed by atoms with Crippen molar-refractivity contribution >= 4 is 17.2 Å². The molecule has 0 aromatic carbocycles. The maximum absolute atomic E-state index is 11.8. The number of nitrogens with one attached hydrogen (secondary N) is 1. The molecule has 0 aliphatic heterocycles. The predicted molar refractivity (Wildman–Crippen MR) is 66.9 cm³/mol. The first-order valence-corrected chi connectivity index (χ1v) is 6.40. The van der Waals surface area contributed by atoms with Crippen molar-refractivity contribution in [2.75, 3.05) is 6.61 Å². The average molecular weight is 241 g/mol. The molecule has 0 aliphatic carbocycles. The molecular weight excluding hydrogens is 222 g/mol. The zero-order valence-electron chi connectivity index (χ0n) is 9.99. The summed E-state index contributed by atoms with van der Waals surface area (Å²) < 4.78 is 0. The van der Waals surface area contributed by atoms with Gasteiger partial charge in [0.2, 0.25) is 0 Å². The Kier molecular flexibility index (Phi) is 4.96. The Hall–Kier alpha value is -0.870. The third-order valence-corrected chi connectivity index (χ3v) is 3.78. The van der Waals surface area contributed by atoms with E-state index >= 15 is 0 Å². The Morgan fingerprint density at radius 3 is 2.62 bits per heavy atom. The molecule has 0 radical (unpaired) electrons. The molecule has 4 heteroatoms. The largest absolute Gasteiger partial charge is 0.394 e. The van der Waals surface area contributed by atoms with Crippen molar-refractivity contribution in [3.05, 3.63) is 21.9 Å². The molecule has 0 fully saturated rings. The predicted octanol–water partition coefficient (Wildman–Crippen LogP) is 2.06.